The van der Waals surface area contributed by atoms with E-state index in [1.54, 1.807) is 12.1 Å². The molecule has 4 aliphatic carbocycles. The van der Waals surface area contributed by atoms with Gasteiger partial charge in [0.1, 0.15) is 0 Å². The van der Waals surface area contributed by atoms with Crippen molar-refractivity contribution in [2.24, 2.45) is 23.2 Å². The maximum Gasteiger partial charge on any atom is 0.309 e. The van der Waals surface area contributed by atoms with E-state index in [9.17, 15) is 14.7 Å². The van der Waals surface area contributed by atoms with Crippen molar-refractivity contribution in [3.8, 4) is 6.07 Å². The number of hydrogen-bond acceptors (Lipinski definition) is 5. The normalized spacial score (nSPS) is 32.9. The summed E-state index contributed by atoms with van der Waals surface area (Å²) in [6.07, 6.45) is 4.30. The van der Waals surface area contributed by atoms with Crippen molar-refractivity contribution in [1.82, 2.24) is 10.2 Å². The molecule has 1 saturated heterocycles. The summed E-state index contributed by atoms with van der Waals surface area (Å²) in [5.74, 6) is 0.447. The molecule has 6 rings (SSSR count). The highest BCUT2D eigenvalue weighted by Gasteiger charge is 2.59. The van der Waals surface area contributed by atoms with Gasteiger partial charge in [0.15, 0.2) is 0 Å². The topological polar surface area (TPSA) is 96.7 Å². The van der Waals surface area contributed by atoms with Gasteiger partial charge in [0, 0.05) is 32.2 Å². The van der Waals surface area contributed by atoms with Gasteiger partial charge in [-0.05, 0) is 81.9 Å². The van der Waals surface area contributed by atoms with Crippen LogP contribution < -0.4 is 10.2 Å². The number of rotatable bonds is 5. The molecule has 1 heterocycles. The summed E-state index contributed by atoms with van der Waals surface area (Å²) in [4.78, 5) is 30.0. The van der Waals surface area contributed by atoms with Gasteiger partial charge in [-0.25, -0.2) is 0 Å². The molecule has 1 aromatic carbocycles. The van der Waals surface area contributed by atoms with Crippen molar-refractivity contribution in [2.75, 3.05) is 31.1 Å². The van der Waals surface area contributed by atoms with Gasteiger partial charge in [-0.3, -0.25) is 14.5 Å². The molecule has 5 aliphatic rings. The first-order chi connectivity index (χ1) is 16.1. The van der Waals surface area contributed by atoms with Crippen LogP contribution in [-0.2, 0) is 9.59 Å². The summed E-state index contributed by atoms with van der Waals surface area (Å²) < 4.78 is 0. The molecule has 5 fully saturated rings. The highest BCUT2D eigenvalue weighted by atomic mass is 35.5. The number of nitriles is 1. The molecule has 8 heteroatoms. The Labute approximate surface area is 206 Å². The molecule has 4 saturated carbocycles. The highest BCUT2D eigenvalue weighted by molar-refractivity contribution is 6.33. The molecule has 182 valence electrons. The van der Waals surface area contributed by atoms with Crippen LogP contribution in [0.15, 0.2) is 18.2 Å². The monoisotopic (exact) mass is 484 g/mol. The van der Waals surface area contributed by atoms with E-state index in [1.165, 1.54) is 0 Å². The Morgan fingerprint density at radius 2 is 1.79 bits per heavy atom. The van der Waals surface area contributed by atoms with Crippen LogP contribution in [0.5, 0.6) is 0 Å². The average molecular weight is 485 g/mol. The molecule has 2 atom stereocenters. The number of nitrogens with one attached hydrogen (secondary N) is 1. The highest BCUT2D eigenvalue weighted by Crippen LogP contribution is 2.60. The van der Waals surface area contributed by atoms with Crippen LogP contribution in [0.25, 0.3) is 0 Å². The number of carboxylic acids is 1. The van der Waals surface area contributed by atoms with Crippen LogP contribution in [0, 0.1) is 34.5 Å². The van der Waals surface area contributed by atoms with Crippen molar-refractivity contribution in [1.29, 1.82) is 5.26 Å². The lowest BCUT2D eigenvalue weighted by Crippen LogP contribution is -2.66. The number of carbonyl (C=O) groups excluding carboxylic acids is 1. The van der Waals surface area contributed by atoms with Gasteiger partial charge in [-0.1, -0.05) is 11.6 Å². The van der Waals surface area contributed by atoms with Crippen LogP contribution in [0.2, 0.25) is 5.02 Å². The van der Waals surface area contributed by atoms with Crippen LogP contribution in [0.4, 0.5) is 5.69 Å². The summed E-state index contributed by atoms with van der Waals surface area (Å²) in [5.41, 5.74) is 0.253. The van der Waals surface area contributed by atoms with Crippen molar-refractivity contribution in [2.45, 2.75) is 57.5 Å². The van der Waals surface area contributed by atoms with E-state index < -0.39 is 16.9 Å². The first kappa shape index (κ1) is 23.4. The molecular weight excluding hydrogens is 452 g/mol. The second-order valence-electron chi connectivity index (χ2n) is 11.4. The number of nitrogens with zero attached hydrogens (tertiary/aromatic N) is 3. The SMILES string of the molecule is CC(C)(C(=O)NC1C2CC3CC1CC(C(=O)O)(C3)C2)N1CCN(c2ccc(C#N)cc2Cl)CC1. The summed E-state index contributed by atoms with van der Waals surface area (Å²) in [6.45, 7) is 6.94. The largest absolute Gasteiger partial charge is 0.481 e. The minimum Gasteiger partial charge on any atom is -0.481 e. The molecular formula is C26H33ClN4O3. The van der Waals surface area contributed by atoms with E-state index in [4.69, 9.17) is 16.9 Å². The van der Waals surface area contributed by atoms with E-state index in [0.29, 0.717) is 29.3 Å². The van der Waals surface area contributed by atoms with Crippen LogP contribution in [0.1, 0.15) is 51.5 Å². The molecule has 1 aliphatic heterocycles. The fourth-order valence-corrected chi connectivity index (χ4v) is 7.63. The van der Waals surface area contributed by atoms with Crippen molar-refractivity contribution < 1.29 is 14.7 Å². The number of carbonyl (C=O) groups is 2. The molecule has 1 amide bonds. The van der Waals surface area contributed by atoms with Gasteiger partial charge in [0.05, 0.1) is 33.3 Å². The lowest BCUT2D eigenvalue weighted by atomic mass is 9.48. The Morgan fingerprint density at radius 1 is 1.15 bits per heavy atom. The molecule has 2 N–H and O–H groups in total. The van der Waals surface area contributed by atoms with Crippen molar-refractivity contribution >= 4 is 29.2 Å². The van der Waals surface area contributed by atoms with E-state index in [2.05, 4.69) is 21.2 Å². The summed E-state index contributed by atoms with van der Waals surface area (Å²) in [6, 6.07) is 7.58. The first-order valence-electron chi connectivity index (χ1n) is 12.4. The van der Waals surface area contributed by atoms with Gasteiger partial charge >= 0.3 is 5.97 Å². The lowest BCUT2D eigenvalue weighted by Gasteiger charge is -2.58. The third-order valence-electron chi connectivity index (χ3n) is 9.07. The van der Waals surface area contributed by atoms with Gasteiger partial charge in [-0.15, -0.1) is 0 Å². The quantitative estimate of drug-likeness (QED) is 0.663. The number of carboxylic acid groups (broad SMARTS) is 1. The fraction of sp³-hybridized carbons (Fsp3) is 0.654. The predicted octanol–water partition coefficient (Wildman–Crippen LogP) is 3.51. The Hall–Kier alpha value is -2.30. The second-order valence-corrected chi connectivity index (χ2v) is 11.8. The number of halogens is 1. The zero-order valence-electron chi connectivity index (χ0n) is 19.9. The predicted molar refractivity (Wildman–Crippen MR) is 130 cm³/mol. The minimum absolute atomic E-state index is 0.0409. The van der Waals surface area contributed by atoms with Crippen molar-refractivity contribution in [3.63, 3.8) is 0 Å². The van der Waals surface area contributed by atoms with Gasteiger partial charge in [0.25, 0.3) is 0 Å². The number of aliphatic carboxylic acids is 1. The minimum atomic E-state index is -0.653. The smallest absolute Gasteiger partial charge is 0.309 e. The zero-order chi connectivity index (χ0) is 24.3. The average Bonchev–Trinajstić information content (AvgIpc) is 2.80. The van der Waals surface area contributed by atoms with E-state index in [-0.39, 0.29) is 23.8 Å². The second kappa shape index (κ2) is 8.42. The van der Waals surface area contributed by atoms with Crippen molar-refractivity contribution in [3.05, 3.63) is 28.8 Å². The first-order valence-corrected chi connectivity index (χ1v) is 12.7. The molecule has 7 nitrogen and oxygen atoms in total. The standard InChI is InChI=1S/C26H33ClN4O3/c1-25(2,31-7-5-30(6-8-31)21-4-3-16(15-28)11-20(21)27)23(32)29-22-18-9-17-10-19(22)14-26(12-17,13-18)24(33)34/h3-4,11,17-19,22H,5-10,12-14H2,1-2H3,(H,29,32)(H,33,34). The number of amides is 1. The number of benzene rings is 1. The third-order valence-corrected chi connectivity index (χ3v) is 9.37. The Morgan fingerprint density at radius 3 is 2.35 bits per heavy atom. The van der Waals surface area contributed by atoms with Gasteiger partial charge < -0.3 is 15.3 Å². The molecule has 1 aromatic rings. The van der Waals surface area contributed by atoms with Gasteiger partial charge in [0.2, 0.25) is 5.91 Å². The Kier molecular flexibility index (Phi) is 5.81. The number of piperazine rings is 1. The molecule has 34 heavy (non-hydrogen) atoms. The Bertz CT molecular complexity index is 1030. The lowest BCUT2D eigenvalue weighted by molar-refractivity contribution is -0.168. The molecule has 0 aromatic heterocycles. The summed E-state index contributed by atoms with van der Waals surface area (Å²) >= 11 is 6.41. The van der Waals surface area contributed by atoms with E-state index >= 15 is 0 Å². The third kappa shape index (κ3) is 3.85. The van der Waals surface area contributed by atoms with E-state index in [1.807, 2.05) is 19.9 Å². The number of anilines is 1. The summed E-state index contributed by atoms with van der Waals surface area (Å²) in [7, 11) is 0. The zero-order valence-corrected chi connectivity index (χ0v) is 20.6. The van der Waals surface area contributed by atoms with Gasteiger partial charge in [-0.2, -0.15) is 5.26 Å². The van der Waals surface area contributed by atoms with Crippen LogP contribution in [0.3, 0.4) is 0 Å². The van der Waals surface area contributed by atoms with E-state index in [0.717, 1.165) is 51.1 Å². The Balaban J connectivity index is 1.22. The fourth-order valence-electron chi connectivity index (χ4n) is 7.33. The maximum absolute atomic E-state index is 13.5. The number of hydrogen-bond donors (Lipinski definition) is 2. The molecule has 0 radical (unpaired) electrons. The summed E-state index contributed by atoms with van der Waals surface area (Å²) in [5, 5.41) is 22.9. The van der Waals surface area contributed by atoms with Crippen LogP contribution >= 0.6 is 11.6 Å². The molecule has 4 bridgehead atoms. The molecule has 2 unspecified atom stereocenters. The maximum atomic E-state index is 13.5. The van der Waals surface area contributed by atoms with Crippen LogP contribution in [-0.4, -0.2) is 59.6 Å². The molecule has 0 spiro atoms.